The van der Waals surface area contributed by atoms with Crippen LogP contribution < -0.4 is 4.83 Å². The number of hydrazine groups is 1. The Kier molecular flexibility index (Phi) is 3.06. The van der Waals surface area contributed by atoms with E-state index in [0.29, 0.717) is 4.47 Å². The molecule has 0 heterocycles. The van der Waals surface area contributed by atoms with Crippen LogP contribution in [-0.4, -0.2) is 13.5 Å². The van der Waals surface area contributed by atoms with Crippen LogP contribution in [0.1, 0.15) is 0 Å². The molecule has 1 N–H and O–H groups in total. The van der Waals surface area contributed by atoms with Gasteiger partial charge in [0.05, 0.1) is 4.90 Å². The maximum Gasteiger partial charge on any atom is 0.311 e. The van der Waals surface area contributed by atoms with E-state index >= 15 is 0 Å². The summed E-state index contributed by atoms with van der Waals surface area (Å²) in [6, 6.07) is 5.62. The number of halogens is 1. The van der Waals surface area contributed by atoms with Crippen molar-refractivity contribution >= 4 is 26.0 Å². The third-order valence-corrected chi connectivity index (χ3v) is 3.06. The highest BCUT2D eigenvalue weighted by Gasteiger charge is 2.18. The molecule has 14 heavy (non-hydrogen) atoms. The number of hydrogen-bond donors (Lipinski definition) is 1. The Morgan fingerprint density at radius 2 is 2.07 bits per heavy atom. The molecule has 0 aliphatic rings. The van der Waals surface area contributed by atoms with Crippen molar-refractivity contribution in [3.8, 4) is 0 Å². The van der Waals surface area contributed by atoms with E-state index in [9.17, 15) is 18.5 Å². The van der Waals surface area contributed by atoms with E-state index in [1.165, 1.54) is 23.0 Å². The molecular weight excluding hydrogens is 276 g/mol. The van der Waals surface area contributed by atoms with Gasteiger partial charge in [0.15, 0.2) is 5.03 Å². The van der Waals surface area contributed by atoms with Crippen molar-refractivity contribution in [2.24, 2.45) is 0 Å². The number of rotatable bonds is 3. The van der Waals surface area contributed by atoms with Crippen molar-refractivity contribution in [2.75, 3.05) is 0 Å². The van der Waals surface area contributed by atoms with Gasteiger partial charge in [0.2, 0.25) is 0 Å². The lowest BCUT2D eigenvalue weighted by atomic mass is 10.4. The Labute approximate surface area is 88.2 Å². The third-order valence-electron chi connectivity index (χ3n) is 1.30. The Morgan fingerprint density at radius 3 is 2.57 bits per heavy atom. The number of nitrogens with one attached hydrogen (secondary N) is 1. The third kappa shape index (κ3) is 2.67. The predicted octanol–water partition coefficient (Wildman–Crippen LogP) is 0.919. The van der Waals surface area contributed by atoms with Gasteiger partial charge in [0.25, 0.3) is 0 Å². The molecule has 1 aromatic carbocycles. The quantitative estimate of drug-likeness (QED) is 0.659. The summed E-state index contributed by atoms with van der Waals surface area (Å²) in [7, 11) is -4.06. The van der Waals surface area contributed by atoms with E-state index in [1.807, 2.05) is 0 Å². The number of hydrogen-bond acceptors (Lipinski definition) is 4. The van der Waals surface area contributed by atoms with E-state index in [1.54, 1.807) is 6.07 Å². The molecule has 0 unspecified atom stereocenters. The van der Waals surface area contributed by atoms with Crippen molar-refractivity contribution in [2.45, 2.75) is 4.90 Å². The van der Waals surface area contributed by atoms with Gasteiger partial charge in [-0.25, -0.2) is 10.1 Å². The summed E-state index contributed by atoms with van der Waals surface area (Å²) < 4.78 is 23.0. The van der Waals surface area contributed by atoms with Gasteiger partial charge in [-0.2, -0.15) is 8.42 Å². The van der Waals surface area contributed by atoms with Crippen LogP contribution in [0.15, 0.2) is 33.6 Å². The second-order valence-corrected chi connectivity index (χ2v) is 4.89. The zero-order valence-corrected chi connectivity index (χ0v) is 9.08. The van der Waals surface area contributed by atoms with Gasteiger partial charge in [0, 0.05) is 4.47 Å². The van der Waals surface area contributed by atoms with Crippen molar-refractivity contribution in [1.82, 2.24) is 4.83 Å². The molecule has 0 aliphatic carbocycles. The summed E-state index contributed by atoms with van der Waals surface area (Å²) >= 11 is 3.06. The van der Waals surface area contributed by atoms with Crippen LogP contribution in [0.5, 0.6) is 0 Å². The fraction of sp³-hybridized carbons (Fsp3) is 0. The molecule has 0 amide bonds. The molecule has 0 radical (unpaired) electrons. The van der Waals surface area contributed by atoms with E-state index in [0.717, 1.165) is 0 Å². The summed E-state index contributed by atoms with van der Waals surface area (Å²) in [6.45, 7) is 0. The van der Waals surface area contributed by atoms with Gasteiger partial charge >= 0.3 is 10.0 Å². The highest BCUT2D eigenvalue weighted by Crippen LogP contribution is 2.15. The van der Waals surface area contributed by atoms with Crippen LogP contribution in [0, 0.1) is 10.1 Å². The maximum absolute atomic E-state index is 11.2. The molecule has 1 aromatic rings. The maximum atomic E-state index is 11.2. The molecule has 76 valence electrons. The molecule has 0 atom stereocenters. The summed E-state index contributed by atoms with van der Waals surface area (Å²) in [6.07, 6.45) is 0. The highest BCUT2D eigenvalue weighted by molar-refractivity contribution is 9.10. The van der Waals surface area contributed by atoms with Gasteiger partial charge in [0.1, 0.15) is 0 Å². The van der Waals surface area contributed by atoms with Crippen LogP contribution >= 0.6 is 15.9 Å². The first kappa shape index (κ1) is 10.9. The Hall–Kier alpha value is -1.15. The topological polar surface area (TPSA) is 89.3 Å². The summed E-state index contributed by atoms with van der Waals surface area (Å²) in [5, 5.41) is 8.86. The monoisotopic (exact) mass is 280 g/mol. The molecule has 8 heteroatoms. The van der Waals surface area contributed by atoms with Crippen molar-refractivity contribution in [3.05, 3.63) is 38.9 Å². The molecule has 0 saturated heterocycles. The number of nitrogens with zero attached hydrogens (tertiary/aromatic N) is 1. The molecule has 0 spiro atoms. The van der Waals surface area contributed by atoms with Crippen molar-refractivity contribution in [3.63, 3.8) is 0 Å². The number of nitro groups is 1. The van der Waals surface area contributed by atoms with Crippen molar-refractivity contribution in [1.29, 1.82) is 0 Å². The molecule has 0 aromatic heterocycles. The second kappa shape index (κ2) is 3.93. The van der Waals surface area contributed by atoms with Gasteiger partial charge in [-0.3, -0.25) is 0 Å². The summed E-state index contributed by atoms with van der Waals surface area (Å²) in [4.78, 5) is 11.0. The summed E-state index contributed by atoms with van der Waals surface area (Å²) in [5.41, 5.74) is 0. The van der Waals surface area contributed by atoms with Gasteiger partial charge in [-0.15, -0.1) is 0 Å². The van der Waals surface area contributed by atoms with Crippen LogP contribution in [0.4, 0.5) is 0 Å². The highest BCUT2D eigenvalue weighted by atomic mass is 79.9. The lowest BCUT2D eigenvalue weighted by molar-refractivity contribution is -0.518. The van der Waals surface area contributed by atoms with E-state index < -0.39 is 15.1 Å². The van der Waals surface area contributed by atoms with E-state index in [4.69, 9.17) is 0 Å². The molecule has 0 bridgehead atoms. The van der Waals surface area contributed by atoms with Gasteiger partial charge < -0.3 is 0 Å². The minimum Gasteiger partial charge on any atom is -0.234 e. The number of sulfonamides is 1. The minimum atomic E-state index is -4.06. The molecule has 1 rings (SSSR count). The zero-order valence-electron chi connectivity index (χ0n) is 6.68. The van der Waals surface area contributed by atoms with Crippen LogP contribution in [0.3, 0.4) is 0 Å². The average Bonchev–Trinajstić information content (AvgIpc) is 2.01. The molecule has 0 saturated carbocycles. The Morgan fingerprint density at radius 1 is 1.43 bits per heavy atom. The minimum absolute atomic E-state index is 0.163. The fourth-order valence-electron chi connectivity index (χ4n) is 0.785. The zero-order chi connectivity index (χ0) is 10.8. The van der Waals surface area contributed by atoms with E-state index in [-0.39, 0.29) is 4.90 Å². The molecule has 0 fully saturated rings. The second-order valence-electron chi connectivity index (χ2n) is 2.31. The van der Waals surface area contributed by atoms with Crippen LogP contribution in [0.25, 0.3) is 0 Å². The predicted molar refractivity (Wildman–Crippen MR) is 51.5 cm³/mol. The van der Waals surface area contributed by atoms with Crippen molar-refractivity contribution < 1.29 is 13.5 Å². The van der Waals surface area contributed by atoms with Crippen LogP contribution in [-0.2, 0) is 10.0 Å². The SMILES string of the molecule is O=[N+]([O-])NS(=O)(=O)c1cccc(Br)c1. The first-order valence-corrected chi connectivity index (χ1v) is 5.62. The largest absolute Gasteiger partial charge is 0.311 e. The fourth-order valence-corrected chi connectivity index (χ4v) is 2.18. The smallest absolute Gasteiger partial charge is 0.234 e. The Bertz CT molecular complexity index is 459. The first-order chi connectivity index (χ1) is 6.42. The van der Waals surface area contributed by atoms with Gasteiger partial charge in [-0.1, -0.05) is 22.0 Å². The molecule has 0 aliphatic heterocycles. The van der Waals surface area contributed by atoms with Crippen LogP contribution in [0.2, 0.25) is 0 Å². The molecular formula is C6H5BrN2O4S. The summed E-state index contributed by atoms with van der Waals surface area (Å²) in [5.74, 6) is 0. The lowest BCUT2D eigenvalue weighted by Crippen LogP contribution is -2.29. The lowest BCUT2D eigenvalue weighted by Gasteiger charge is -2.00. The van der Waals surface area contributed by atoms with E-state index in [2.05, 4.69) is 15.9 Å². The van der Waals surface area contributed by atoms with Gasteiger partial charge in [-0.05, 0) is 23.0 Å². The molecule has 6 nitrogen and oxygen atoms in total. The standard InChI is InChI=1S/C6H5BrN2O4S/c7-5-2-1-3-6(4-5)14(12,13)8-9(10)11/h1-4,8H. The first-order valence-electron chi connectivity index (χ1n) is 3.34. The number of benzene rings is 1. The average molecular weight is 281 g/mol. The normalized spacial score (nSPS) is 10.9. The Balaban J connectivity index is 3.11.